The molecule has 0 radical (unpaired) electrons. The van der Waals surface area contributed by atoms with E-state index in [1.807, 2.05) is 0 Å². The Hall–Kier alpha value is -1.61. The van der Waals surface area contributed by atoms with Gasteiger partial charge in [-0.3, -0.25) is 9.10 Å². The van der Waals surface area contributed by atoms with Gasteiger partial charge in [0.2, 0.25) is 10.0 Å². The van der Waals surface area contributed by atoms with Crippen LogP contribution in [0.3, 0.4) is 0 Å². The van der Waals surface area contributed by atoms with Gasteiger partial charge >= 0.3 is 0 Å². The van der Waals surface area contributed by atoms with Gasteiger partial charge in [-0.25, -0.2) is 16.8 Å². The molecule has 0 aromatic heterocycles. The van der Waals surface area contributed by atoms with Crippen LogP contribution in [0.5, 0.6) is 0 Å². The highest BCUT2D eigenvalue weighted by molar-refractivity contribution is 7.92. The highest BCUT2D eigenvalue weighted by atomic mass is 32.2. The molecule has 1 aromatic carbocycles. The molecule has 0 spiro atoms. The Labute approximate surface area is 142 Å². The summed E-state index contributed by atoms with van der Waals surface area (Å²) in [7, 11) is -6.43. The van der Waals surface area contributed by atoms with E-state index in [9.17, 15) is 21.6 Å². The van der Waals surface area contributed by atoms with Crippen LogP contribution in [0.1, 0.15) is 29.3 Å². The first-order chi connectivity index (χ1) is 11.0. The second kappa shape index (κ2) is 5.45. The van der Waals surface area contributed by atoms with Crippen molar-refractivity contribution in [3.8, 4) is 0 Å². The van der Waals surface area contributed by atoms with Gasteiger partial charge in [0.1, 0.15) is 0 Å². The molecule has 132 valence electrons. The number of anilines is 1. The molecular formula is C15H20N2O5S2. The van der Waals surface area contributed by atoms with Crippen molar-refractivity contribution in [3.63, 3.8) is 0 Å². The first-order valence-corrected chi connectivity index (χ1v) is 11.3. The average molecular weight is 372 g/mol. The van der Waals surface area contributed by atoms with Crippen LogP contribution in [0.25, 0.3) is 0 Å². The first-order valence-electron chi connectivity index (χ1n) is 7.63. The molecule has 0 saturated carbocycles. The van der Waals surface area contributed by atoms with Gasteiger partial charge in [-0.1, -0.05) is 0 Å². The van der Waals surface area contributed by atoms with Crippen molar-refractivity contribution in [2.75, 3.05) is 28.6 Å². The molecule has 1 atom stereocenters. The van der Waals surface area contributed by atoms with E-state index in [4.69, 9.17) is 0 Å². The molecule has 2 aliphatic heterocycles. The summed E-state index contributed by atoms with van der Waals surface area (Å²) < 4.78 is 48.1. The van der Waals surface area contributed by atoms with Gasteiger partial charge in [-0.05, 0) is 43.5 Å². The Morgan fingerprint density at radius 2 is 2.04 bits per heavy atom. The average Bonchev–Trinajstić information content (AvgIpc) is 2.98. The Balaban J connectivity index is 1.81. The number of carbonyl (C=O) groups excluding carboxylic acids is 1. The molecule has 3 rings (SSSR count). The number of sulfonamides is 1. The third-order valence-corrected chi connectivity index (χ3v) is 7.60. The summed E-state index contributed by atoms with van der Waals surface area (Å²) in [5.41, 5.74) is 1.06. The largest absolute Gasteiger partial charge is 0.346 e. The van der Waals surface area contributed by atoms with Crippen LogP contribution in [-0.4, -0.2) is 52.6 Å². The van der Waals surface area contributed by atoms with E-state index < -0.39 is 25.4 Å². The molecule has 1 amide bonds. The van der Waals surface area contributed by atoms with Gasteiger partial charge in [0.25, 0.3) is 5.91 Å². The van der Waals surface area contributed by atoms with Gasteiger partial charge in [0, 0.05) is 12.1 Å². The van der Waals surface area contributed by atoms with Crippen LogP contribution >= 0.6 is 0 Å². The van der Waals surface area contributed by atoms with Crippen LogP contribution in [-0.2, 0) is 26.3 Å². The topological polar surface area (TPSA) is 101 Å². The number of benzene rings is 1. The summed E-state index contributed by atoms with van der Waals surface area (Å²) in [5, 5.41) is 2.81. The number of amides is 1. The maximum atomic E-state index is 12.5. The summed E-state index contributed by atoms with van der Waals surface area (Å²) in [6.07, 6.45) is 2.10. The Morgan fingerprint density at radius 3 is 2.62 bits per heavy atom. The van der Waals surface area contributed by atoms with E-state index >= 15 is 0 Å². The van der Waals surface area contributed by atoms with Crippen LogP contribution in [0.15, 0.2) is 18.2 Å². The molecule has 9 heteroatoms. The molecule has 0 unspecified atom stereocenters. The molecular weight excluding hydrogens is 352 g/mol. The molecule has 1 fully saturated rings. The number of nitrogens with one attached hydrogen (secondary N) is 1. The molecule has 0 bridgehead atoms. The van der Waals surface area contributed by atoms with Gasteiger partial charge in [0.05, 0.1) is 29.0 Å². The Bertz CT molecular complexity index is 908. The number of hydrogen-bond acceptors (Lipinski definition) is 5. The lowest BCUT2D eigenvalue weighted by Crippen LogP contribution is -2.46. The van der Waals surface area contributed by atoms with Crippen LogP contribution in [0.4, 0.5) is 5.69 Å². The van der Waals surface area contributed by atoms with Crippen molar-refractivity contribution in [1.29, 1.82) is 0 Å². The summed E-state index contributed by atoms with van der Waals surface area (Å²) in [6.45, 7) is 2.10. The quantitative estimate of drug-likeness (QED) is 0.823. The van der Waals surface area contributed by atoms with E-state index in [0.717, 1.165) is 11.8 Å². The zero-order valence-electron chi connectivity index (χ0n) is 13.6. The van der Waals surface area contributed by atoms with Crippen molar-refractivity contribution >= 4 is 31.5 Å². The van der Waals surface area contributed by atoms with Crippen molar-refractivity contribution < 1.29 is 21.6 Å². The van der Waals surface area contributed by atoms with Gasteiger partial charge in [-0.2, -0.15) is 0 Å². The predicted octanol–water partition coefficient (Wildman–Crippen LogP) is 0.316. The molecule has 2 heterocycles. The Morgan fingerprint density at radius 1 is 1.33 bits per heavy atom. The number of rotatable bonds is 3. The number of sulfone groups is 1. The minimum atomic E-state index is -3.32. The zero-order valence-corrected chi connectivity index (χ0v) is 15.2. The van der Waals surface area contributed by atoms with Crippen LogP contribution < -0.4 is 9.62 Å². The standard InChI is InChI=1S/C15H20N2O5S2/c1-15(6-8-24(21,22)10-15)16-14(18)12-3-4-13-11(9-12)5-7-17(13)23(2,19)20/h3-4,9H,5-8,10H2,1-2H3,(H,16,18)/t15-/m1/s1. The SMILES string of the molecule is C[C@@]1(NC(=O)c2ccc3c(c2)CCN3S(C)(=O)=O)CCS(=O)(=O)C1. The number of nitrogens with zero attached hydrogens (tertiary/aromatic N) is 1. The fourth-order valence-corrected chi connectivity index (χ4v) is 6.36. The lowest BCUT2D eigenvalue weighted by Gasteiger charge is -2.24. The van der Waals surface area contributed by atoms with Gasteiger partial charge in [-0.15, -0.1) is 0 Å². The highest BCUT2D eigenvalue weighted by Gasteiger charge is 2.39. The smallest absolute Gasteiger partial charge is 0.251 e. The lowest BCUT2D eigenvalue weighted by molar-refractivity contribution is 0.0915. The number of hydrogen-bond donors (Lipinski definition) is 1. The van der Waals surface area contributed by atoms with Gasteiger partial charge in [0.15, 0.2) is 9.84 Å². The third kappa shape index (κ3) is 3.27. The van der Waals surface area contributed by atoms with Gasteiger partial charge < -0.3 is 5.32 Å². The van der Waals surface area contributed by atoms with E-state index in [1.165, 1.54) is 4.31 Å². The monoisotopic (exact) mass is 372 g/mol. The maximum absolute atomic E-state index is 12.5. The Kier molecular flexibility index (Phi) is 3.91. The first kappa shape index (κ1) is 17.2. The fraction of sp³-hybridized carbons (Fsp3) is 0.533. The van der Waals surface area contributed by atoms with Crippen molar-refractivity contribution in [2.24, 2.45) is 0 Å². The fourth-order valence-electron chi connectivity index (χ4n) is 3.31. The molecule has 24 heavy (non-hydrogen) atoms. The summed E-state index contributed by atoms with van der Waals surface area (Å²) in [4.78, 5) is 12.5. The normalized spacial score (nSPS) is 25.5. The van der Waals surface area contributed by atoms with E-state index in [1.54, 1.807) is 25.1 Å². The van der Waals surface area contributed by atoms with Crippen LogP contribution in [0, 0.1) is 0 Å². The predicted molar refractivity (Wildman–Crippen MR) is 91.5 cm³/mol. The second-order valence-corrected chi connectivity index (χ2v) is 10.9. The minimum absolute atomic E-state index is 0.0570. The summed E-state index contributed by atoms with van der Waals surface area (Å²) >= 11 is 0. The molecule has 1 N–H and O–H groups in total. The molecule has 1 saturated heterocycles. The molecule has 7 nitrogen and oxygen atoms in total. The number of carbonyl (C=O) groups is 1. The molecule has 0 aliphatic carbocycles. The summed E-state index contributed by atoms with van der Waals surface area (Å²) in [6, 6.07) is 4.89. The van der Waals surface area contributed by atoms with E-state index in [0.29, 0.717) is 30.6 Å². The highest BCUT2D eigenvalue weighted by Crippen LogP contribution is 2.31. The van der Waals surface area contributed by atoms with Crippen LogP contribution in [0.2, 0.25) is 0 Å². The second-order valence-electron chi connectivity index (χ2n) is 6.79. The summed E-state index contributed by atoms with van der Waals surface area (Å²) in [5.74, 6) is -0.314. The van der Waals surface area contributed by atoms with Crippen molar-refractivity contribution in [2.45, 2.75) is 25.3 Å². The van der Waals surface area contributed by atoms with E-state index in [-0.39, 0.29) is 17.4 Å². The van der Waals surface area contributed by atoms with Crippen molar-refractivity contribution in [1.82, 2.24) is 5.32 Å². The lowest BCUT2D eigenvalue weighted by atomic mass is 10.0. The van der Waals surface area contributed by atoms with E-state index in [2.05, 4.69) is 5.32 Å². The third-order valence-electron chi connectivity index (χ3n) is 4.51. The maximum Gasteiger partial charge on any atom is 0.251 e. The molecule has 1 aromatic rings. The number of fused-ring (bicyclic) bond motifs is 1. The minimum Gasteiger partial charge on any atom is -0.346 e. The van der Waals surface area contributed by atoms with Crippen molar-refractivity contribution in [3.05, 3.63) is 29.3 Å². The molecule has 2 aliphatic rings. The zero-order chi connectivity index (χ0) is 17.8.